The Morgan fingerprint density at radius 3 is 2.27 bits per heavy atom. The molecule has 2 rings (SSSR count). The lowest BCUT2D eigenvalue weighted by molar-refractivity contribution is -0.149. The first-order valence-corrected chi connectivity index (χ1v) is 8.64. The Morgan fingerprint density at radius 1 is 1.18 bits per heavy atom. The smallest absolute Gasteiger partial charge is 0.310 e. The van der Waals surface area contributed by atoms with E-state index >= 15 is 0 Å². The summed E-state index contributed by atoms with van der Waals surface area (Å²) >= 11 is 0. The molecular formula is C19H29NO2. The average molecular weight is 303 g/mol. The van der Waals surface area contributed by atoms with E-state index in [1.165, 1.54) is 36.8 Å². The van der Waals surface area contributed by atoms with E-state index in [-0.39, 0.29) is 0 Å². The lowest BCUT2D eigenvalue weighted by atomic mass is 9.82. The van der Waals surface area contributed by atoms with Gasteiger partial charge in [-0.1, -0.05) is 51.0 Å². The predicted molar refractivity (Wildman–Crippen MR) is 90.0 cm³/mol. The summed E-state index contributed by atoms with van der Waals surface area (Å²) in [6.07, 6.45) is 6.69. The number of rotatable bonds is 8. The molecule has 122 valence electrons. The van der Waals surface area contributed by atoms with E-state index in [1.807, 2.05) is 13.8 Å². The minimum Gasteiger partial charge on any atom is -0.481 e. The molecule has 3 nitrogen and oxygen atoms in total. The van der Waals surface area contributed by atoms with Gasteiger partial charge in [-0.2, -0.15) is 0 Å². The van der Waals surface area contributed by atoms with Crippen LogP contribution in [0, 0.1) is 5.41 Å². The van der Waals surface area contributed by atoms with E-state index in [2.05, 4.69) is 29.6 Å². The lowest BCUT2D eigenvalue weighted by Crippen LogP contribution is -2.40. The van der Waals surface area contributed by atoms with Crippen LogP contribution in [0.25, 0.3) is 0 Å². The number of carbonyl (C=O) groups is 1. The van der Waals surface area contributed by atoms with Crippen LogP contribution < -0.4 is 5.32 Å². The Hall–Kier alpha value is -1.35. The molecule has 0 radical (unpaired) electrons. The first kappa shape index (κ1) is 17.0. The molecule has 0 atom stereocenters. The summed E-state index contributed by atoms with van der Waals surface area (Å²) in [6.45, 7) is 5.17. The Morgan fingerprint density at radius 2 is 1.77 bits per heavy atom. The number of nitrogens with one attached hydrogen (secondary N) is 1. The van der Waals surface area contributed by atoms with Gasteiger partial charge in [0.25, 0.3) is 0 Å². The fourth-order valence-electron chi connectivity index (χ4n) is 3.49. The van der Waals surface area contributed by atoms with Gasteiger partial charge in [0.05, 0.1) is 5.41 Å². The third-order valence-electron chi connectivity index (χ3n) is 5.41. The maximum atomic E-state index is 11.5. The highest BCUT2D eigenvalue weighted by molar-refractivity contribution is 5.74. The van der Waals surface area contributed by atoms with Crippen molar-refractivity contribution in [2.75, 3.05) is 6.54 Å². The third-order valence-corrected chi connectivity index (χ3v) is 5.41. The Labute approximate surface area is 134 Å². The van der Waals surface area contributed by atoms with E-state index in [9.17, 15) is 9.90 Å². The molecule has 2 N–H and O–H groups in total. The standard InChI is InChI=1S/C19H29NO2/c1-3-19(4-2,18(21)22)14-20-13-15-9-11-17(12-10-15)16-7-5-6-8-16/h9-12,16,20H,3-8,13-14H2,1-2H3,(H,21,22). The first-order chi connectivity index (χ1) is 10.6. The van der Waals surface area contributed by atoms with Crippen LogP contribution in [0.1, 0.15) is 69.4 Å². The maximum absolute atomic E-state index is 11.5. The summed E-state index contributed by atoms with van der Waals surface area (Å²) in [5, 5.41) is 12.8. The van der Waals surface area contributed by atoms with Crippen molar-refractivity contribution in [2.45, 2.75) is 64.8 Å². The van der Waals surface area contributed by atoms with E-state index in [0.29, 0.717) is 19.4 Å². The largest absolute Gasteiger partial charge is 0.481 e. The zero-order chi connectivity index (χ0) is 16.0. The second-order valence-electron chi connectivity index (χ2n) is 6.62. The van der Waals surface area contributed by atoms with Crippen molar-refractivity contribution in [3.8, 4) is 0 Å². The molecule has 0 bridgehead atoms. The molecule has 0 amide bonds. The van der Waals surface area contributed by atoms with Crippen molar-refractivity contribution in [2.24, 2.45) is 5.41 Å². The van der Waals surface area contributed by atoms with Crippen LogP contribution in [0.2, 0.25) is 0 Å². The molecule has 0 spiro atoms. The number of hydrogen-bond acceptors (Lipinski definition) is 2. The molecule has 0 aliphatic heterocycles. The normalized spacial score (nSPS) is 16.1. The fraction of sp³-hybridized carbons (Fsp3) is 0.632. The molecular weight excluding hydrogens is 274 g/mol. The molecule has 1 aliphatic rings. The average Bonchev–Trinajstić information content (AvgIpc) is 3.06. The molecule has 1 aliphatic carbocycles. The fourth-order valence-corrected chi connectivity index (χ4v) is 3.49. The first-order valence-electron chi connectivity index (χ1n) is 8.64. The molecule has 0 unspecified atom stereocenters. The van der Waals surface area contributed by atoms with Gasteiger partial charge < -0.3 is 10.4 Å². The third kappa shape index (κ3) is 3.89. The van der Waals surface area contributed by atoms with Crippen molar-refractivity contribution >= 4 is 5.97 Å². The second-order valence-corrected chi connectivity index (χ2v) is 6.62. The summed E-state index contributed by atoms with van der Waals surface area (Å²) in [5.41, 5.74) is 2.06. The van der Waals surface area contributed by atoms with E-state index < -0.39 is 11.4 Å². The van der Waals surface area contributed by atoms with Crippen LogP contribution in [0.4, 0.5) is 0 Å². The van der Waals surface area contributed by atoms with Gasteiger partial charge in [-0.25, -0.2) is 0 Å². The van der Waals surface area contributed by atoms with Crippen molar-refractivity contribution in [3.05, 3.63) is 35.4 Å². The van der Waals surface area contributed by atoms with Gasteiger partial charge >= 0.3 is 5.97 Å². The van der Waals surface area contributed by atoms with Gasteiger partial charge in [-0.05, 0) is 42.7 Å². The van der Waals surface area contributed by atoms with Crippen molar-refractivity contribution in [3.63, 3.8) is 0 Å². The summed E-state index contributed by atoms with van der Waals surface area (Å²) in [4.78, 5) is 11.5. The summed E-state index contributed by atoms with van der Waals surface area (Å²) < 4.78 is 0. The van der Waals surface area contributed by atoms with Gasteiger partial charge in [-0.15, -0.1) is 0 Å². The molecule has 1 fully saturated rings. The minimum atomic E-state index is -0.693. The molecule has 1 saturated carbocycles. The topological polar surface area (TPSA) is 49.3 Å². The highest BCUT2D eigenvalue weighted by Crippen LogP contribution is 2.34. The van der Waals surface area contributed by atoms with Crippen LogP contribution in [0.15, 0.2) is 24.3 Å². The second kappa shape index (κ2) is 7.77. The molecule has 0 saturated heterocycles. The zero-order valence-electron chi connectivity index (χ0n) is 13.9. The number of aliphatic carboxylic acids is 1. The lowest BCUT2D eigenvalue weighted by Gasteiger charge is -2.27. The number of carboxylic acids is 1. The highest BCUT2D eigenvalue weighted by Gasteiger charge is 2.34. The minimum absolute atomic E-state index is 0.527. The summed E-state index contributed by atoms with van der Waals surface area (Å²) in [6, 6.07) is 8.86. The predicted octanol–water partition coefficient (Wildman–Crippen LogP) is 4.32. The molecule has 3 heteroatoms. The van der Waals surface area contributed by atoms with Gasteiger partial charge in [0.1, 0.15) is 0 Å². The van der Waals surface area contributed by atoms with Gasteiger partial charge in [0.15, 0.2) is 0 Å². The highest BCUT2D eigenvalue weighted by atomic mass is 16.4. The van der Waals surface area contributed by atoms with E-state index in [4.69, 9.17) is 0 Å². The van der Waals surface area contributed by atoms with Crippen molar-refractivity contribution in [1.29, 1.82) is 0 Å². The van der Waals surface area contributed by atoms with Crippen LogP contribution in [-0.4, -0.2) is 17.6 Å². The Bertz CT molecular complexity index is 471. The van der Waals surface area contributed by atoms with Crippen LogP contribution in [0.3, 0.4) is 0 Å². The maximum Gasteiger partial charge on any atom is 0.310 e. The van der Waals surface area contributed by atoms with E-state index in [0.717, 1.165) is 12.5 Å². The Kier molecular flexibility index (Phi) is 6.01. The van der Waals surface area contributed by atoms with Crippen LogP contribution in [-0.2, 0) is 11.3 Å². The monoisotopic (exact) mass is 303 g/mol. The van der Waals surface area contributed by atoms with Crippen molar-refractivity contribution in [1.82, 2.24) is 5.32 Å². The van der Waals surface area contributed by atoms with Crippen LogP contribution >= 0.6 is 0 Å². The SMILES string of the molecule is CCC(CC)(CNCc1ccc(C2CCCC2)cc1)C(=O)O. The van der Waals surface area contributed by atoms with Gasteiger partial charge in [-0.3, -0.25) is 4.79 Å². The van der Waals surface area contributed by atoms with Crippen LogP contribution in [0.5, 0.6) is 0 Å². The van der Waals surface area contributed by atoms with Gasteiger partial charge in [0, 0.05) is 13.1 Å². The molecule has 0 aromatic heterocycles. The molecule has 1 aromatic rings. The zero-order valence-corrected chi connectivity index (χ0v) is 13.9. The van der Waals surface area contributed by atoms with Gasteiger partial charge in [0.2, 0.25) is 0 Å². The number of benzene rings is 1. The summed E-state index contributed by atoms with van der Waals surface area (Å²) in [5.74, 6) is 0.0587. The molecule has 22 heavy (non-hydrogen) atoms. The quantitative estimate of drug-likeness (QED) is 0.751. The summed E-state index contributed by atoms with van der Waals surface area (Å²) in [7, 11) is 0. The van der Waals surface area contributed by atoms with E-state index in [1.54, 1.807) is 0 Å². The number of hydrogen-bond donors (Lipinski definition) is 2. The Balaban J connectivity index is 1.87. The molecule has 1 aromatic carbocycles. The molecule has 0 heterocycles. The number of carboxylic acid groups (broad SMARTS) is 1. The van der Waals surface area contributed by atoms with Crippen molar-refractivity contribution < 1.29 is 9.90 Å².